The lowest BCUT2D eigenvalue weighted by Gasteiger charge is -2.44. The summed E-state index contributed by atoms with van der Waals surface area (Å²) in [6.45, 7) is 1.98. The number of piperidine rings is 1. The van der Waals surface area contributed by atoms with E-state index in [1.807, 2.05) is 4.90 Å². The van der Waals surface area contributed by atoms with Crippen molar-refractivity contribution in [3.8, 4) is 0 Å². The highest BCUT2D eigenvalue weighted by atomic mass is 16.2. The molecule has 6 heteroatoms. The number of urea groups is 1. The van der Waals surface area contributed by atoms with Gasteiger partial charge in [-0.2, -0.15) is 0 Å². The second-order valence-electron chi connectivity index (χ2n) is 6.66. The largest absolute Gasteiger partial charge is 0.341 e. The van der Waals surface area contributed by atoms with E-state index in [4.69, 9.17) is 0 Å². The van der Waals surface area contributed by atoms with Crippen molar-refractivity contribution in [3.63, 3.8) is 0 Å². The van der Waals surface area contributed by atoms with Crippen molar-refractivity contribution < 1.29 is 14.4 Å². The summed E-state index contributed by atoms with van der Waals surface area (Å²) in [6.07, 6.45) is 10.2. The molecular formula is C16H23N3O3. The van der Waals surface area contributed by atoms with Crippen LogP contribution in [0.25, 0.3) is 0 Å². The van der Waals surface area contributed by atoms with Crippen LogP contribution in [0.4, 0.5) is 4.79 Å². The molecule has 0 aromatic carbocycles. The van der Waals surface area contributed by atoms with Crippen LogP contribution in [-0.4, -0.2) is 53.8 Å². The van der Waals surface area contributed by atoms with Crippen molar-refractivity contribution >= 4 is 17.8 Å². The molecule has 1 N–H and O–H groups in total. The smallest absolute Gasteiger partial charge is 0.324 e. The van der Waals surface area contributed by atoms with Crippen molar-refractivity contribution in [1.29, 1.82) is 0 Å². The minimum atomic E-state index is -0.447. The lowest BCUT2D eigenvalue weighted by molar-refractivity contribution is -0.136. The van der Waals surface area contributed by atoms with E-state index in [1.165, 1.54) is 11.3 Å². The second-order valence-corrected chi connectivity index (χ2v) is 6.66. The van der Waals surface area contributed by atoms with Crippen molar-refractivity contribution in [2.24, 2.45) is 5.41 Å². The number of rotatable bonds is 2. The van der Waals surface area contributed by atoms with Gasteiger partial charge in [-0.1, -0.05) is 12.2 Å². The fraction of sp³-hybridized carbons (Fsp3) is 0.688. The molecule has 0 saturated carbocycles. The molecule has 0 radical (unpaired) electrons. The van der Waals surface area contributed by atoms with Crippen molar-refractivity contribution in [2.75, 3.05) is 26.2 Å². The molecule has 22 heavy (non-hydrogen) atoms. The highest BCUT2D eigenvalue weighted by molar-refractivity contribution is 5.98. The van der Waals surface area contributed by atoms with Crippen molar-refractivity contribution in [1.82, 2.24) is 15.1 Å². The third kappa shape index (κ3) is 3.15. The normalized spacial score (nSPS) is 28.9. The van der Waals surface area contributed by atoms with Gasteiger partial charge in [0.2, 0.25) is 11.8 Å². The van der Waals surface area contributed by atoms with Gasteiger partial charge in [0.25, 0.3) is 0 Å². The molecule has 4 amide bonds. The maximum absolute atomic E-state index is 12.5. The third-order valence-corrected chi connectivity index (χ3v) is 5.04. The summed E-state index contributed by atoms with van der Waals surface area (Å²) in [6, 6.07) is -0.447. The van der Waals surface area contributed by atoms with E-state index >= 15 is 0 Å². The Kier molecular flexibility index (Phi) is 4.18. The Bertz CT molecular complexity index is 517. The average Bonchev–Trinajstić information content (AvgIpc) is 2.51. The quantitative estimate of drug-likeness (QED) is 0.781. The average molecular weight is 305 g/mol. The van der Waals surface area contributed by atoms with Gasteiger partial charge >= 0.3 is 6.03 Å². The summed E-state index contributed by atoms with van der Waals surface area (Å²) in [5.41, 5.74) is 0.239. The summed E-state index contributed by atoms with van der Waals surface area (Å²) in [5.74, 6) is -0.266. The number of allylic oxidation sites excluding steroid dienone is 2. The standard InChI is InChI=1S/C16H23N3O3/c20-13-5-10-18(15(22)17-13)11-14(21)19-9-4-8-16(12-19)6-2-1-3-7-16/h1-2H,3-12H2,(H,17,20,22). The van der Waals surface area contributed by atoms with E-state index in [0.717, 1.165) is 38.8 Å². The van der Waals surface area contributed by atoms with Gasteiger partial charge in [-0.05, 0) is 37.5 Å². The lowest BCUT2D eigenvalue weighted by atomic mass is 9.71. The van der Waals surface area contributed by atoms with Gasteiger partial charge < -0.3 is 9.80 Å². The first-order valence-electron chi connectivity index (χ1n) is 8.10. The minimum absolute atomic E-state index is 0.00173. The molecule has 1 atom stereocenters. The Morgan fingerprint density at radius 3 is 2.82 bits per heavy atom. The van der Waals surface area contributed by atoms with Gasteiger partial charge in [-0.15, -0.1) is 0 Å². The number of imide groups is 1. The fourth-order valence-electron chi connectivity index (χ4n) is 3.75. The van der Waals surface area contributed by atoms with E-state index in [0.29, 0.717) is 6.54 Å². The van der Waals surface area contributed by atoms with E-state index in [1.54, 1.807) is 0 Å². The number of carbonyl (C=O) groups excluding carboxylic acids is 3. The van der Waals surface area contributed by atoms with Crippen LogP contribution in [0.2, 0.25) is 0 Å². The molecule has 0 bridgehead atoms. The number of hydrogen-bond acceptors (Lipinski definition) is 3. The first kappa shape index (κ1) is 15.1. The zero-order valence-electron chi connectivity index (χ0n) is 12.8. The summed E-state index contributed by atoms with van der Waals surface area (Å²) in [7, 11) is 0. The Labute approximate surface area is 130 Å². The van der Waals surface area contributed by atoms with Crippen LogP contribution in [0.15, 0.2) is 12.2 Å². The summed E-state index contributed by atoms with van der Waals surface area (Å²) < 4.78 is 0. The van der Waals surface area contributed by atoms with E-state index in [2.05, 4.69) is 17.5 Å². The molecule has 2 fully saturated rings. The number of likely N-dealkylation sites (tertiary alicyclic amines) is 1. The topological polar surface area (TPSA) is 69.7 Å². The van der Waals surface area contributed by atoms with Gasteiger partial charge in [0.15, 0.2) is 0 Å². The fourth-order valence-corrected chi connectivity index (χ4v) is 3.75. The Morgan fingerprint density at radius 1 is 1.23 bits per heavy atom. The molecule has 6 nitrogen and oxygen atoms in total. The zero-order chi connectivity index (χ0) is 15.6. The third-order valence-electron chi connectivity index (χ3n) is 5.04. The van der Waals surface area contributed by atoms with Gasteiger partial charge in [0.1, 0.15) is 6.54 Å². The van der Waals surface area contributed by atoms with E-state index in [-0.39, 0.29) is 30.2 Å². The molecule has 1 unspecified atom stereocenters. The SMILES string of the molecule is O=C1CCN(CC(=O)N2CCCC3(CC=CCC3)C2)C(=O)N1. The number of nitrogens with zero attached hydrogens (tertiary/aromatic N) is 2. The molecule has 2 saturated heterocycles. The van der Waals surface area contributed by atoms with Crippen LogP contribution in [-0.2, 0) is 9.59 Å². The van der Waals surface area contributed by atoms with Crippen LogP contribution in [0.5, 0.6) is 0 Å². The monoisotopic (exact) mass is 305 g/mol. The molecule has 120 valence electrons. The number of carbonyl (C=O) groups is 3. The number of nitrogens with one attached hydrogen (secondary N) is 1. The molecule has 1 spiro atoms. The maximum atomic E-state index is 12.5. The molecule has 0 aromatic rings. The molecular weight excluding hydrogens is 282 g/mol. The molecule has 1 aliphatic carbocycles. The Hall–Kier alpha value is -1.85. The number of hydrogen-bond donors (Lipinski definition) is 1. The highest BCUT2D eigenvalue weighted by Crippen LogP contribution is 2.40. The van der Waals surface area contributed by atoms with Crippen LogP contribution >= 0.6 is 0 Å². The van der Waals surface area contributed by atoms with Crippen LogP contribution in [0.3, 0.4) is 0 Å². The second kappa shape index (κ2) is 6.10. The first-order valence-corrected chi connectivity index (χ1v) is 8.10. The van der Waals surface area contributed by atoms with Gasteiger partial charge in [-0.25, -0.2) is 4.79 Å². The summed E-state index contributed by atoms with van der Waals surface area (Å²) >= 11 is 0. The molecule has 2 aliphatic heterocycles. The maximum Gasteiger partial charge on any atom is 0.324 e. The highest BCUT2D eigenvalue weighted by Gasteiger charge is 2.37. The van der Waals surface area contributed by atoms with Crippen LogP contribution in [0.1, 0.15) is 38.5 Å². The van der Waals surface area contributed by atoms with E-state index < -0.39 is 6.03 Å². The van der Waals surface area contributed by atoms with Gasteiger partial charge in [-0.3, -0.25) is 14.9 Å². The molecule has 3 aliphatic rings. The van der Waals surface area contributed by atoms with E-state index in [9.17, 15) is 14.4 Å². The minimum Gasteiger partial charge on any atom is -0.341 e. The predicted octanol–water partition coefficient (Wildman–Crippen LogP) is 1.28. The number of amides is 4. The van der Waals surface area contributed by atoms with Crippen molar-refractivity contribution in [2.45, 2.75) is 38.5 Å². The Balaban J connectivity index is 1.59. The molecule has 2 heterocycles. The molecule has 3 rings (SSSR count). The zero-order valence-corrected chi connectivity index (χ0v) is 12.8. The summed E-state index contributed by atoms with van der Waals surface area (Å²) in [5, 5.41) is 2.26. The predicted molar refractivity (Wildman–Crippen MR) is 81.0 cm³/mol. The molecule has 0 aromatic heterocycles. The van der Waals surface area contributed by atoms with Gasteiger partial charge in [0, 0.05) is 26.1 Å². The summed E-state index contributed by atoms with van der Waals surface area (Å²) in [4.78, 5) is 38.7. The van der Waals surface area contributed by atoms with Crippen molar-refractivity contribution in [3.05, 3.63) is 12.2 Å². The van der Waals surface area contributed by atoms with Gasteiger partial charge in [0.05, 0.1) is 0 Å². The first-order chi connectivity index (χ1) is 10.6. The Morgan fingerprint density at radius 2 is 2.09 bits per heavy atom. The van der Waals surface area contributed by atoms with Crippen LogP contribution < -0.4 is 5.32 Å². The van der Waals surface area contributed by atoms with Crippen LogP contribution in [0, 0.1) is 5.41 Å². The lowest BCUT2D eigenvalue weighted by Crippen LogP contribution is -2.54.